The molecule has 0 aromatic carbocycles. The normalized spacial score (nSPS) is 13.2. The van der Waals surface area contributed by atoms with Gasteiger partial charge >= 0.3 is 5.97 Å². The highest BCUT2D eigenvalue weighted by Gasteiger charge is 2.12. The van der Waals surface area contributed by atoms with Crippen LogP contribution in [0.1, 0.15) is 20.8 Å². The fourth-order valence-corrected chi connectivity index (χ4v) is 0.762. The Labute approximate surface area is 79.7 Å². The summed E-state index contributed by atoms with van der Waals surface area (Å²) in [6, 6.07) is 0. The van der Waals surface area contributed by atoms with Gasteiger partial charge in [0, 0.05) is 0 Å². The van der Waals surface area contributed by atoms with Gasteiger partial charge in [0.05, 0.1) is 25.7 Å². The van der Waals surface area contributed by atoms with E-state index in [-0.39, 0.29) is 11.9 Å². The van der Waals surface area contributed by atoms with Gasteiger partial charge in [-0.1, -0.05) is 12.2 Å². The van der Waals surface area contributed by atoms with E-state index in [0.717, 1.165) is 0 Å². The molecule has 0 spiro atoms. The van der Waals surface area contributed by atoms with Crippen LogP contribution in [-0.2, 0) is 14.3 Å². The van der Waals surface area contributed by atoms with Crippen molar-refractivity contribution >= 4 is 5.97 Å². The topological polar surface area (TPSA) is 35.5 Å². The van der Waals surface area contributed by atoms with Crippen molar-refractivity contribution < 1.29 is 14.3 Å². The molecule has 0 aliphatic rings. The molecule has 13 heavy (non-hydrogen) atoms. The smallest absolute Gasteiger partial charge is 0.310 e. The third-order valence-electron chi connectivity index (χ3n) is 1.51. The highest BCUT2D eigenvalue weighted by molar-refractivity contribution is 5.72. The van der Waals surface area contributed by atoms with E-state index in [9.17, 15) is 4.79 Å². The second-order valence-electron chi connectivity index (χ2n) is 2.76. The molecule has 0 aromatic heterocycles. The maximum absolute atomic E-state index is 11.1. The first-order chi connectivity index (χ1) is 6.22. The third kappa shape index (κ3) is 6.34. The summed E-state index contributed by atoms with van der Waals surface area (Å²) < 4.78 is 10.0. The Morgan fingerprint density at radius 2 is 2.23 bits per heavy atom. The van der Waals surface area contributed by atoms with Gasteiger partial charge in [-0.2, -0.15) is 0 Å². The molecule has 0 amide bonds. The molecule has 3 nitrogen and oxygen atoms in total. The van der Waals surface area contributed by atoms with Crippen LogP contribution in [0.25, 0.3) is 0 Å². The minimum absolute atomic E-state index is 0.176. The molecular weight excluding hydrogens is 168 g/mol. The van der Waals surface area contributed by atoms with Crippen molar-refractivity contribution in [2.24, 2.45) is 5.92 Å². The number of hydrogen-bond donors (Lipinski definition) is 0. The Balaban J connectivity index is 3.49. The minimum atomic E-state index is -0.192. The van der Waals surface area contributed by atoms with Gasteiger partial charge in [-0.3, -0.25) is 4.79 Å². The maximum atomic E-state index is 11.1. The summed E-state index contributed by atoms with van der Waals surface area (Å²) in [5, 5.41) is 0. The van der Waals surface area contributed by atoms with Crippen LogP contribution in [0.3, 0.4) is 0 Å². The molecule has 0 rings (SSSR count). The van der Waals surface area contributed by atoms with E-state index in [2.05, 4.69) is 0 Å². The lowest BCUT2D eigenvalue weighted by atomic mass is 10.2. The summed E-state index contributed by atoms with van der Waals surface area (Å²) in [5.74, 6) is -0.367. The average molecular weight is 186 g/mol. The van der Waals surface area contributed by atoms with Crippen molar-refractivity contribution in [2.45, 2.75) is 20.8 Å². The molecular formula is C10H18O3. The monoisotopic (exact) mass is 186 g/mol. The zero-order valence-electron chi connectivity index (χ0n) is 8.58. The van der Waals surface area contributed by atoms with E-state index >= 15 is 0 Å². The Kier molecular flexibility index (Phi) is 7.30. The van der Waals surface area contributed by atoms with Gasteiger partial charge in [-0.05, 0) is 20.8 Å². The number of allylic oxidation sites excluding steroid dienone is 1. The van der Waals surface area contributed by atoms with Gasteiger partial charge in [0.25, 0.3) is 0 Å². The molecule has 76 valence electrons. The van der Waals surface area contributed by atoms with E-state index in [1.54, 1.807) is 13.8 Å². The second kappa shape index (κ2) is 7.80. The molecule has 1 unspecified atom stereocenters. The molecule has 0 heterocycles. The molecule has 0 N–H and O–H groups in total. The molecule has 3 heteroatoms. The Morgan fingerprint density at radius 1 is 1.54 bits per heavy atom. The molecule has 0 saturated heterocycles. The molecule has 0 aliphatic heterocycles. The number of esters is 1. The number of carbonyl (C=O) groups excluding carboxylic acids is 1. The highest BCUT2D eigenvalue weighted by Crippen LogP contribution is 1.99. The van der Waals surface area contributed by atoms with Crippen LogP contribution >= 0.6 is 0 Å². The molecule has 0 saturated carbocycles. The van der Waals surface area contributed by atoms with E-state index in [0.29, 0.717) is 19.8 Å². The third-order valence-corrected chi connectivity index (χ3v) is 1.51. The maximum Gasteiger partial charge on any atom is 0.310 e. The Bertz CT molecular complexity index is 164. The summed E-state index contributed by atoms with van der Waals surface area (Å²) in [4.78, 5) is 11.1. The van der Waals surface area contributed by atoms with Crippen LogP contribution in [0.2, 0.25) is 0 Å². The fourth-order valence-electron chi connectivity index (χ4n) is 0.762. The Hall–Kier alpha value is -0.830. The largest absolute Gasteiger partial charge is 0.466 e. The predicted octanol–water partition coefficient (Wildman–Crippen LogP) is 1.78. The number of hydrogen-bond acceptors (Lipinski definition) is 3. The van der Waals surface area contributed by atoms with Gasteiger partial charge in [0.1, 0.15) is 0 Å². The van der Waals surface area contributed by atoms with Gasteiger partial charge in [-0.25, -0.2) is 0 Å². The summed E-state index contributed by atoms with van der Waals surface area (Å²) in [5.41, 5.74) is 0. The average Bonchev–Trinajstić information content (AvgIpc) is 2.12. The lowest BCUT2D eigenvalue weighted by Gasteiger charge is -2.09. The van der Waals surface area contributed by atoms with Crippen LogP contribution in [0.4, 0.5) is 0 Å². The molecule has 0 fully saturated rings. The number of ether oxygens (including phenoxy) is 2. The van der Waals surface area contributed by atoms with Gasteiger partial charge in [0.15, 0.2) is 0 Å². The molecule has 0 aliphatic carbocycles. The molecule has 0 radical (unpaired) electrons. The molecule has 0 aromatic rings. The zero-order chi connectivity index (χ0) is 10.1. The van der Waals surface area contributed by atoms with Crippen LogP contribution in [-0.4, -0.2) is 25.8 Å². The van der Waals surface area contributed by atoms with E-state index in [1.807, 2.05) is 19.1 Å². The minimum Gasteiger partial charge on any atom is -0.466 e. The van der Waals surface area contributed by atoms with E-state index < -0.39 is 0 Å². The van der Waals surface area contributed by atoms with E-state index in [1.165, 1.54) is 0 Å². The van der Waals surface area contributed by atoms with Gasteiger partial charge in [0.2, 0.25) is 0 Å². The lowest BCUT2D eigenvalue weighted by molar-refractivity contribution is -0.149. The predicted molar refractivity (Wildman–Crippen MR) is 51.4 cm³/mol. The molecule has 0 bridgehead atoms. The van der Waals surface area contributed by atoms with E-state index in [4.69, 9.17) is 9.47 Å². The summed E-state index contributed by atoms with van der Waals surface area (Å²) in [6.07, 6.45) is 3.81. The SMILES string of the molecule is CC=CCOCC(C)C(=O)OCC. The lowest BCUT2D eigenvalue weighted by Crippen LogP contribution is -2.19. The van der Waals surface area contributed by atoms with Crippen LogP contribution < -0.4 is 0 Å². The second-order valence-corrected chi connectivity index (χ2v) is 2.76. The number of rotatable bonds is 6. The van der Waals surface area contributed by atoms with Crippen molar-refractivity contribution in [3.8, 4) is 0 Å². The summed E-state index contributed by atoms with van der Waals surface area (Å²) in [6.45, 7) is 6.93. The van der Waals surface area contributed by atoms with Gasteiger partial charge in [-0.15, -0.1) is 0 Å². The summed E-state index contributed by atoms with van der Waals surface area (Å²) >= 11 is 0. The van der Waals surface area contributed by atoms with Crippen LogP contribution in [0.5, 0.6) is 0 Å². The highest BCUT2D eigenvalue weighted by atomic mass is 16.5. The van der Waals surface area contributed by atoms with Crippen LogP contribution in [0.15, 0.2) is 12.2 Å². The van der Waals surface area contributed by atoms with Crippen molar-refractivity contribution in [1.82, 2.24) is 0 Å². The van der Waals surface area contributed by atoms with Crippen molar-refractivity contribution in [3.05, 3.63) is 12.2 Å². The first kappa shape index (κ1) is 12.2. The first-order valence-electron chi connectivity index (χ1n) is 4.57. The molecule has 1 atom stereocenters. The fraction of sp³-hybridized carbons (Fsp3) is 0.700. The van der Waals surface area contributed by atoms with Crippen molar-refractivity contribution in [1.29, 1.82) is 0 Å². The number of carbonyl (C=O) groups is 1. The van der Waals surface area contributed by atoms with Crippen molar-refractivity contribution in [2.75, 3.05) is 19.8 Å². The van der Waals surface area contributed by atoms with Crippen LogP contribution in [0, 0.1) is 5.92 Å². The quantitative estimate of drug-likeness (QED) is 0.360. The standard InChI is InChI=1S/C10H18O3/c1-4-6-7-12-8-9(3)10(11)13-5-2/h4,6,9H,5,7-8H2,1-3H3. The van der Waals surface area contributed by atoms with Crippen molar-refractivity contribution in [3.63, 3.8) is 0 Å². The first-order valence-corrected chi connectivity index (χ1v) is 4.57. The summed E-state index contributed by atoms with van der Waals surface area (Å²) in [7, 11) is 0. The van der Waals surface area contributed by atoms with Gasteiger partial charge < -0.3 is 9.47 Å². The Morgan fingerprint density at radius 3 is 2.77 bits per heavy atom. The zero-order valence-corrected chi connectivity index (χ0v) is 8.58.